The van der Waals surface area contributed by atoms with Crippen molar-refractivity contribution < 1.29 is 15.0 Å². The van der Waals surface area contributed by atoms with E-state index in [1.165, 1.54) is 0 Å². The maximum atomic E-state index is 11.8. The van der Waals surface area contributed by atoms with Gasteiger partial charge in [0.2, 0.25) is 5.91 Å². The highest BCUT2D eigenvalue weighted by Crippen LogP contribution is 2.25. The van der Waals surface area contributed by atoms with Crippen LogP contribution in [-0.4, -0.2) is 34.9 Å². The first-order valence-corrected chi connectivity index (χ1v) is 6.31. The molecule has 18 heavy (non-hydrogen) atoms. The molecule has 0 spiro atoms. The number of hydrogen-bond acceptors (Lipinski definition) is 3. The van der Waals surface area contributed by atoms with Crippen molar-refractivity contribution in [1.82, 2.24) is 5.32 Å². The second-order valence-corrected chi connectivity index (χ2v) is 4.91. The van der Waals surface area contributed by atoms with Gasteiger partial charge >= 0.3 is 0 Å². The maximum Gasteiger partial charge on any atom is 0.224 e. The second-order valence-electron chi connectivity index (χ2n) is 4.91. The molecule has 1 aromatic rings. The van der Waals surface area contributed by atoms with Crippen molar-refractivity contribution in [2.75, 3.05) is 6.61 Å². The minimum atomic E-state index is -0.503. The van der Waals surface area contributed by atoms with Gasteiger partial charge in [-0.15, -0.1) is 0 Å². The van der Waals surface area contributed by atoms with Gasteiger partial charge in [-0.05, 0) is 18.4 Å². The molecule has 0 heterocycles. The van der Waals surface area contributed by atoms with Gasteiger partial charge < -0.3 is 15.5 Å². The predicted molar refractivity (Wildman–Crippen MR) is 67.9 cm³/mol. The normalized spacial score (nSPS) is 27.1. The summed E-state index contributed by atoms with van der Waals surface area (Å²) in [6.07, 6.45) is 1.04. The third-order valence-corrected chi connectivity index (χ3v) is 3.46. The Morgan fingerprint density at radius 1 is 1.28 bits per heavy atom. The molecule has 1 fully saturated rings. The van der Waals surface area contributed by atoms with Crippen molar-refractivity contribution in [2.45, 2.75) is 31.4 Å². The highest BCUT2D eigenvalue weighted by molar-refractivity contribution is 5.78. The molecule has 0 aromatic heterocycles. The van der Waals surface area contributed by atoms with Gasteiger partial charge in [0.1, 0.15) is 0 Å². The molecule has 0 aliphatic heterocycles. The first-order chi connectivity index (χ1) is 8.69. The molecule has 98 valence electrons. The van der Waals surface area contributed by atoms with E-state index < -0.39 is 6.10 Å². The van der Waals surface area contributed by atoms with E-state index in [0.29, 0.717) is 19.3 Å². The van der Waals surface area contributed by atoms with Crippen LogP contribution in [0.25, 0.3) is 0 Å². The van der Waals surface area contributed by atoms with Crippen molar-refractivity contribution in [2.24, 2.45) is 5.92 Å². The fraction of sp³-hybridized carbons (Fsp3) is 0.500. The Kier molecular flexibility index (Phi) is 4.33. The van der Waals surface area contributed by atoms with Crippen molar-refractivity contribution in [3.8, 4) is 0 Å². The minimum absolute atomic E-state index is 0.0200. The van der Waals surface area contributed by atoms with Gasteiger partial charge in [-0.2, -0.15) is 0 Å². The first-order valence-electron chi connectivity index (χ1n) is 6.31. The summed E-state index contributed by atoms with van der Waals surface area (Å²) in [5.74, 6) is -0.135. The Morgan fingerprint density at radius 3 is 2.61 bits per heavy atom. The van der Waals surface area contributed by atoms with Gasteiger partial charge in [-0.1, -0.05) is 30.3 Å². The topological polar surface area (TPSA) is 69.6 Å². The van der Waals surface area contributed by atoms with Crippen LogP contribution in [0.5, 0.6) is 0 Å². The summed E-state index contributed by atoms with van der Waals surface area (Å²) in [5, 5.41) is 21.6. The summed E-state index contributed by atoms with van der Waals surface area (Å²) in [4.78, 5) is 11.8. The molecule has 3 N–H and O–H groups in total. The number of aliphatic hydroxyl groups is 2. The Labute approximate surface area is 107 Å². The van der Waals surface area contributed by atoms with Gasteiger partial charge in [0, 0.05) is 18.6 Å². The SMILES string of the molecule is O=C(Cc1ccccc1)N[C@H]1C[C@@H](CO)[C@H](O)C1. The second kappa shape index (κ2) is 5.98. The third-order valence-electron chi connectivity index (χ3n) is 3.46. The summed E-state index contributed by atoms with van der Waals surface area (Å²) in [6.45, 7) is -0.0216. The Bertz CT molecular complexity index is 393. The van der Waals surface area contributed by atoms with Crippen molar-refractivity contribution in [3.05, 3.63) is 35.9 Å². The number of carbonyl (C=O) groups is 1. The average Bonchev–Trinajstić information content (AvgIpc) is 2.70. The Hall–Kier alpha value is -1.39. The summed E-state index contributed by atoms with van der Waals surface area (Å²) in [6, 6.07) is 9.54. The van der Waals surface area contributed by atoms with E-state index in [4.69, 9.17) is 5.11 Å². The number of carbonyl (C=O) groups excluding carboxylic acids is 1. The van der Waals surface area contributed by atoms with Crippen LogP contribution in [0.4, 0.5) is 0 Å². The van der Waals surface area contributed by atoms with E-state index in [9.17, 15) is 9.90 Å². The van der Waals surface area contributed by atoms with Gasteiger partial charge in [0.15, 0.2) is 0 Å². The Balaban J connectivity index is 1.82. The lowest BCUT2D eigenvalue weighted by molar-refractivity contribution is -0.121. The van der Waals surface area contributed by atoms with Crippen LogP contribution in [0.15, 0.2) is 30.3 Å². The van der Waals surface area contributed by atoms with E-state index in [1.807, 2.05) is 30.3 Å². The minimum Gasteiger partial charge on any atom is -0.396 e. The number of benzene rings is 1. The summed E-state index contributed by atoms with van der Waals surface area (Å²) in [5.41, 5.74) is 0.979. The highest BCUT2D eigenvalue weighted by Gasteiger charge is 2.33. The molecule has 2 rings (SSSR count). The monoisotopic (exact) mass is 249 g/mol. The van der Waals surface area contributed by atoms with E-state index in [0.717, 1.165) is 5.56 Å². The zero-order valence-electron chi connectivity index (χ0n) is 10.2. The van der Waals surface area contributed by atoms with Crippen molar-refractivity contribution in [1.29, 1.82) is 0 Å². The molecule has 0 saturated heterocycles. The number of aliphatic hydroxyl groups excluding tert-OH is 2. The van der Waals surface area contributed by atoms with Crippen molar-refractivity contribution in [3.63, 3.8) is 0 Å². The largest absolute Gasteiger partial charge is 0.396 e. The molecular formula is C14H19NO3. The van der Waals surface area contributed by atoms with Gasteiger partial charge in [0.25, 0.3) is 0 Å². The molecule has 4 heteroatoms. The number of amides is 1. The van der Waals surface area contributed by atoms with Crippen LogP contribution in [0.2, 0.25) is 0 Å². The molecule has 3 atom stereocenters. The zero-order chi connectivity index (χ0) is 13.0. The lowest BCUT2D eigenvalue weighted by atomic mass is 10.1. The molecule has 0 unspecified atom stereocenters. The summed E-state index contributed by atoms with van der Waals surface area (Å²) < 4.78 is 0. The van der Waals surface area contributed by atoms with Gasteiger partial charge in [-0.3, -0.25) is 4.79 Å². The molecule has 1 aromatic carbocycles. The fourth-order valence-corrected chi connectivity index (χ4v) is 2.48. The summed E-state index contributed by atoms with van der Waals surface area (Å²) in [7, 11) is 0. The smallest absolute Gasteiger partial charge is 0.224 e. The molecule has 1 amide bonds. The van der Waals surface area contributed by atoms with Crippen molar-refractivity contribution >= 4 is 5.91 Å². The molecular weight excluding hydrogens is 230 g/mol. The molecule has 1 aliphatic rings. The lowest BCUT2D eigenvalue weighted by Crippen LogP contribution is -2.34. The molecule has 0 bridgehead atoms. The molecule has 4 nitrogen and oxygen atoms in total. The first kappa shape index (κ1) is 13.1. The van der Waals surface area contributed by atoms with Crippen LogP contribution >= 0.6 is 0 Å². The molecule has 1 aliphatic carbocycles. The highest BCUT2D eigenvalue weighted by atomic mass is 16.3. The van der Waals surface area contributed by atoms with E-state index in [2.05, 4.69) is 5.32 Å². The zero-order valence-corrected chi connectivity index (χ0v) is 10.2. The number of rotatable bonds is 4. The van der Waals surface area contributed by atoms with Crippen LogP contribution in [-0.2, 0) is 11.2 Å². The van der Waals surface area contributed by atoms with Crippen LogP contribution in [0.3, 0.4) is 0 Å². The standard InChI is InChI=1S/C14H19NO3/c16-9-11-7-12(8-13(11)17)15-14(18)6-10-4-2-1-3-5-10/h1-5,11-13,16-17H,6-9H2,(H,15,18)/t11-,12-,13+/m0/s1. The van der Waals surface area contributed by atoms with E-state index in [-0.39, 0.29) is 24.5 Å². The lowest BCUT2D eigenvalue weighted by Gasteiger charge is -2.12. The Morgan fingerprint density at radius 2 is 2.00 bits per heavy atom. The maximum absolute atomic E-state index is 11.8. The fourth-order valence-electron chi connectivity index (χ4n) is 2.48. The van der Waals surface area contributed by atoms with Gasteiger partial charge in [0.05, 0.1) is 12.5 Å². The quantitative estimate of drug-likeness (QED) is 0.727. The van der Waals surface area contributed by atoms with E-state index in [1.54, 1.807) is 0 Å². The number of nitrogens with one attached hydrogen (secondary N) is 1. The predicted octanol–water partition coefficient (Wildman–Crippen LogP) is 0.477. The van der Waals surface area contributed by atoms with Gasteiger partial charge in [-0.25, -0.2) is 0 Å². The molecule has 0 radical (unpaired) electrons. The third kappa shape index (κ3) is 3.31. The van der Waals surface area contributed by atoms with E-state index >= 15 is 0 Å². The summed E-state index contributed by atoms with van der Waals surface area (Å²) >= 11 is 0. The molecule has 1 saturated carbocycles. The van der Waals surface area contributed by atoms with Crippen LogP contribution in [0.1, 0.15) is 18.4 Å². The average molecular weight is 249 g/mol. The van der Waals surface area contributed by atoms with Crippen LogP contribution in [0, 0.1) is 5.92 Å². The number of hydrogen-bond donors (Lipinski definition) is 3. The van der Waals surface area contributed by atoms with Crippen LogP contribution < -0.4 is 5.32 Å².